The van der Waals surface area contributed by atoms with Crippen molar-refractivity contribution < 1.29 is 14.3 Å². The number of nitrogens with one attached hydrogen (secondary N) is 2. The van der Waals surface area contributed by atoms with E-state index in [9.17, 15) is 4.79 Å². The van der Waals surface area contributed by atoms with Crippen molar-refractivity contribution in [3.05, 3.63) is 57.1 Å². The van der Waals surface area contributed by atoms with E-state index >= 15 is 0 Å². The zero-order chi connectivity index (χ0) is 23.9. The van der Waals surface area contributed by atoms with Crippen LogP contribution in [0.5, 0.6) is 5.75 Å². The maximum absolute atomic E-state index is 13.8. The van der Waals surface area contributed by atoms with Crippen LogP contribution in [0.3, 0.4) is 0 Å². The van der Waals surface area contributed by atoms with Crippen LogP contribution in [0.1, 0.15) is 36.1 Å². The fraction of sp³-hybridized carbons (Fsp3) is 0.417. The number of fused-ring (bicyclic) bond motifs is 4. The summed E-state index contributed by atoms with van der Waals surface area (Å²) in [6.07, 6.45) is 0.717. The molecule has 2 heterocycles. The van der Waals surface area contributed by atoms with Gasteiger partial charge in [-0.15, -0.1) is 0 Å². The van der Waals surface area contributed by atoms with Crippen molar-refractivity contribution in [3.63, 3.8) is 0 Å². The van der Waals surface area contributed by atoms with Gasteiger partial charge in [0, 0.05) is 36.5 Å². The Morgan fingerprint density at radius 1 is 1.30 bits per heavy atom. The van der Waals surface area contributed by atoms with Gasteiger partial charge in [-0.05, 0) is 63.2 Å². The summed E-state index contributed by atoms with van der Waals surface area (Å²) in [5.41, 5.74) is 2.53. The topological polar surface area (TPSA) is 62.8 Å². The molecule has 6 nitrogen and oxygen atoms in total. The Morgan fingerprint density at radius 2 is 2.06 bits per heavy atom. The number of aryl methyl sites for hydroxylation is 2. The van der Waals surface area contributed by atoms with Crippen molar-refractivity contribution in [1.29, 1.82) is 0 Å². The summed E-state index contributed by atoms with van der Waals surface area (Å²) in [4.78, 5) is 15.7. The summed E-state index contributed by atoms with van der Waals surface area (Å²) in [7, 11) is 1.65. The molecule has 2 aliphatic heterocycles. The van der Waals surface area contributed by atoms with Crippen molar-refractivity contribution >= 4 is 52.1 Å². The highest BCUT2D eigenvalue weighted by atomic mass is 35.5. The molecule has 0 spiro atoms. The quantitative estimate of drug-likeness (QED) is 0.411. The normalized spacial score (nSPS) is 23.5. The minimum absolute atomic E-state index is 0.178. The van der Waals surface area contributed by atoms with Crippen LogP contribution in [0.25, 0.3) is 0 Å². The number of carbonyl (C=O) groups excluding carboxylic acids is 1. The summed E-state index contributed by atoms with van der Waals surface area (Å²) in [5, 5.41) is 7.84. The number of hydrogen-bond acceptors (Lipinski definition) is 4. The van der Waals surface area contributed by atoms with Gasteiger partial charge in [0.15, 0.2) is 10.8 Å². The summed E-state index contributed by atoms with van der Waals surface area (Å²) in [5.74, 6) is -0.298. The van der Waals surface area contributed by atoms with Crippen LogP contribution >= 0.6 is 35.4 Å². The lowest BCUT2D eigenvalue weighted by Gasteiger charge is -2.56. The highest BCUT2D eigenvalue weighted by Crippen LogP contribution is 2.51. The molecule has 0 radical (unpaired) electrons. The maximum Gasteiger partial charge on any atom is 0.236 e. The number of hydrogen-bond donors (Lipinski definition) is 2. The van der Waals surface area contributed by atoms with Crippen LogP contribution in [0, 0.1) is 19.8 Å². The molecular weight excluding hydrogens is 481 g/mol. The summed E-state index contributed by atoms with van der Waals surface area (Å²) in [6, 6.07) is 8.90. The molecule has 2 aromatic rings. The van der Waals surface area contributed by atoms with E-state index < -0.39 is 17.7 Å². The molecule has 2 aromatic carbocycles. The van der Waals surface area contributed by atoms with Crippen molar-refractivity contribution in [2.24, 2.45) is 5.92 Å². The van der Waals surface area contributed by atoms with Crippen LogP contribution in [-0.2, 0) is 9.53 Å². The predicted octanol–water partition coefficient (Wildman–Crippen LogP) is 5.24. The molecule has 9 heteroatoms. The van der Waals surface area contributed by atoms with Gasteiger partial charge in [-0.2, -0.15) is 0 Å². The Labute approximate surface area is 209 Å². The number of ether oxygens (including phenoxy) is 2. The van der Waals surface area contributed by atoms with Gasteiger partial charge in [0.1, 0.15) is 11.7 Å². The molecular formula is C24H27Cl2N3O3S. The minimum atomic E-state index is -1.06. The van der Waals surface area contributed by atoms with E-state index in [4.69, 9.17) is 44.9 Å². The SMILES string of the molecule is COCCCN1C(=S)NC2c3cc(Cl)cc(Cl)c3OC1(C)C2C(=O)Nc1ccc(C)cc1C. The lowest BCUT2D eigenvalue weighted by molar-refractivity contribution is -0.149. The first-order valence-electron chi connectivity index (χ1n) is 10.8. The van der Waals surface area contributed by atoms with Gasteiger partial charge < -0.3 is 25.0 Å². The second-order valence-electron chi connectivity index (χ2n) is 8.67. The molecule has 0 aromatic heterocycles. The molecule has 0 saturated carbocycles. The molecule has 1 amide bonds. The van der Waals surface area contributed by atoms with Crippen molar-refractivity contribution in [1.82, 2.24) is 10.2 Å². The van der Waals surface area contributed by atoms with Crippen molar-refractivity contribution in [2.45, 2.75) is 39.0 Å². The minimum Gasteiger partial charge on any atom is -0.465 e. The van der Waals surface area contributed by atoms with E-state index in [0.29, 0.717) is 46.0 Å². The smallest absolute Gasteiger partial charge is 0.236 e. The van der Waals surface area contributed by atoms with Crippen LogP contribution in [0.2, 0.25) is 10.0 Å². The maximum atomic E-state index is 13.8. The number of rotatable bonds is 6. The molecule has 176 valence electrons. The number of benzene rings is 2. The van der Waals surface area contributed by atoms with Gasteiger partial charge in [-0.25, -0.2) is 0 Å². The van der Waals surface area contributed by atoms with E-state index in [-0.39, 0.29) is 5.91 Å². The largest absolute Gasteiger partial charge is 0.465 e. The number of halogens is 2. The third-order valence-corrected chi connectivity index (χ3v) is 7.14. The van der Waals surface area contributed by atoms with Crippen LogP contribution in [0.4, 0.5) is 5.69 Å². The number of amides is 1. The lowest BCUT2D eigenvalue weighted by Crippen LogP contribution is -2.71. The van der Waals surface area contributed by atoms with Gasteiger partial charge in [0.2, 0.25) is 5.91 Å². The Balaban J connectivity index is 1.77. The fourth-order valence-electron chi connectivity index (χ4n) is 4.72. The molecule has 0 aliphatic carbocycles. The first-order valence-corrected chi connectivity index (χ1v) is 11.9. The van der Waals surface area contributed by atoms with E-state index in [1.165, 1.54) is 0 Å². The van der Waals surface area contributed by atoms with Gasteiger partial charge in [-0.1, -0.05) is 40.9 Å². The molecule has 1 fully saturated rings. The summed E-state index contributed by atoms with van der Waals surface area (Å²) < 4.78 is 11.7. The number of carbonyl (C=O) groups is 1. The van der Waals surface area contributed by atoms with Gasteiger partial charge in [0.05, 0.1) is 11.1 Å². The Morgan fingerprint density at radius 3 is 2.76 bits per heavy atom. The van der Waals surface area contributed by atoms with E-state index in [0.717, 1.165) is 16.8 Å². The van der Waals surface area contributed by atoms with Crippen LogP contribution in [0.15, 0.2) is 30.3 Å². The number of thiocarbonyl (C=S) groups is 1. The Bertz CT molecular complexity index is 1110. The monoisotopic (exact) mass is 507 g/mol. The standard InChI is InChI=1S/C24H27Cl2N3O3S/c1-13-6-7-18(14(2)10-13)27-22(30)19-20-16-11-15(25)12-17(26)21(16)32-24(19,3)29(23(33)28-20)8-5-9-31-4/h6-7,10-12,19-20H,5,8-9H2,1-4H3,(H,27,30)(H,28,33). The zero-order valence-electron chi connectivity index (χ0n) is 19.0. The fourth-order valence-corrected chi connectivity index (χ4v) is 5.67. The summed E-state index contributed by atoms with van der Waals surface area (Å²) in [6.45, 7) is 7.00. The molecule has 33 heavy (non-hydrogen) atoms. The molecule has 1 saturated heterocycles. The third kappa shape index (κ3) is 4.39. The first kappa shape index (κ1) is 24.1. The molecule has 4 rings (SSSR count). The summed E-state index contributed by atoms with van der Waals surface area (Å²) >= 11 is 18.5. The average Bonchev–Trinajstić information content (AvgIpc) is 2.73. The number of nitrogens with zero attached hydrogens (tertiary/aromatic N) is 1. The first-order chi connectivity index (χ1) is 15.7. The molecule has 2 aliphatic rings. The van der Waals surface area contributed by atoms with Crippen molar-refractivity contribution in [3.8, 4) is 5.75 Å². The van der Waals surface area contributed by atoms with Gasteiger partial charge in [0.25, 0.3) is 0 Å². The predicted molar refractivity (Wildman–Crippen MR) is 135 cm³/mol. The van der Waals surface area contributed by atoms with E-state index in [1.807, 2.05) is 43.9 Å². The number of methoxy groups -OCH3 is 1. The molecule has 3 unspecified atom stereocenters. The highest BCUT2D eigenvalue weighted by molar-refractivity contribution is 7.80. The second-order valence-corrected chi connectivity index (χ2v) is 9.90. The van der Waals surface area contributed by atoms with E-state index in [1.54, 1.807) is 19.2 Å². The van der Waals surface area contributed by atoms with Gasteiger partial charge >= 0.3 is 0 Å². The molecule has 3 atom stereocenters. The van der Waals surface area contributed by atoms with E-state index in [2.05, 4.69) is 10.6 Å². The Kier molecular flexibility index (Phi) is 6.78. The van der Waals surface area contributed by atoms with Gasteiger partial charge in [-0.3, -0.25) is 4.79 Å². The third-order valence-electron chi connectivity index (χ3n) is 6.30. The zero-order valence-corrected chi connectivity index (χ0v) is 21.3. The Hall–Kier alpha value is -2.06. The average molecular weight is 508 g/mol. The van der Waals surface area contributed by atoms with Crippen molar-refractivity contribution in [2.75, 3.05) is 25.6 Å². The highest BCUT2D eigenvalue weighted by Gasteiger charge is 2.58. The van der Waals surface area contributed by atoms with Crippen LogP contribution in [-0.4, -0.2) is 41.9 Å². The lowest BCUT2D eigenvalue weighted by atomic mass is 9.78. The molecule has 2 bridgehead atoms. The molecule has 2 N–H and O–H groups in total. The number of anilines is 1. The second kappa shape index (κ2) is 9.29. The van der Waals surface area contributed by atoms with Crippen LogP contribution < -0.4 is 15.4 Å².